The second-order valence-corrected chi connectivity index (χ2v) is 4.27. The van der Waals surface area contributed by atoms with E-state index in [0.29, 0.717) is 12.2 Å². The molecule has 2 aromatic rings. The zero-order chi connectivity index (χ0) is 12.5. The van der Waals surface area contributed by atoms with Gasteiger partial charge < -0.3 is 9.68 Å². The Morgan fingerprint density at radius 3 is 2.83 bits per heavy atom. The van der Waals surface area contributed by atoms with Crippen LogP contribution in [0, 0.1) is 11.3 Å². The fraction of sp³-hybridized carbons (Fsp3) is 0.0714. The average molecular weight is 235 g/mol. The van der Waals surface area contributed by atoms with E-state index in [1.807, 2.05) is 36.4 Å². The minimum atomic E-state index is -0.834. The molecule has 3 nitrogen and oxygen atoms in total. The first kappa shape index (κ1) is 11.0. The van der Waals surface area contributed by atoms with Gasteiger partial charge in [0, 0.05) is 0 Å². The Hall–Kier alpha value is -2.09. The quantitative estimate of drug-likeness (QED) is 0.761. The number of nitrogens with zero attached hydrogens (tertiary/aromatic N) is 1. The lowest BCUT2D eigenvalue weighted by Crippen LogP contribution is -2.27. The molecule has 2 aromatic carbocycles. The molecule has 1 aliphatic heterocycles. The minimum absolute atomic E-state index is 0.453. The highest BCUT2D eigenvalue weighted by Gasteiger charge is 2.27. The highest BCUT2D eigenvalue weighted by Crippen LogP contribution is 2.22. The molecule has 1 heterocycles. The molecule has 0 saturated carbocycles. The van der Waals surface area contributed by atoms with E-state index < -0.39 is 7.12 Å². The number of hydrogen-bond acceptors (Lipinski definition) is 3. The highest BCUT2D eigenvalue weighted by molar-refractivity contribution is 6.61. The molecule has 3 rings (SSSR count). The Bertz CT molecular complexity index is 648. The third kappa shape index (κ3) is 1.80. The van der Waals surface area contributed by atoms with Crippen molar-refractivity contribution in [1.82, 2.24) is 0 Å². The van der Waals surface area contributed by atoms with Crippen molar-refractivity contribution in [3.05, 3.63) is 53.6 Å². The molecule has 86 valence electrons. The second kappa shape index (κ2) is 4.30. The molecule has 18 heavy (non-hydrogen) atoms. The standard InChI is InChI=1S/C14H10BNO2/c16-8-10-2-1-3-11(6-10)12-4-5-13-9-18-15(17)14(13)7-12/h1-7,17H,9H2. The molecule has 0 bridgehead atoms. The van der Waals surface area contributed by atoms with Gasteiger partial charge in [0.1, 0.15) is 0 Å². The van der Waals surface area contributed by atoms with Crippen molar-refractivity contribution in [3.63, 3.8) is 0 Å². The number of benzene rings is 2. The van der Waals surface area contributed by atoms with Gasteiger partial charge in [-0.3, -0.25) is 0 Å². The fourth-order valence-corrected chi connectivity index (χ4v) is 2.16. The van der Waals surface area contributed by atoms with Crippen LogP contribution in [0.5, 0.6) is 0 Å². The molecule has 0 atom stereocenters. The van der Waals surface area contributed by atoms with Crippen LogP contribution in [0.15, 0.2) is 42.5 Å². The van der Waals surface area contributed by atoms with E-state index in [0.717, 1.165) is 22.2 Å². The minimum Gasteiger partial charge on any atom is -0.423 e. The van der Waals surface area contributed by atoms with Gasteiger partial charge in [-0.05, 0) is 34.3 Å². The van der Waals surface area contributed by atoms with Gasteiger partial charge in [-0.15, -0.1) is 0 Å². The highest BCUT2D eigenvalue weighted by atomic mass is 16.5. The topological polar surface area (TPSA) is 53.2 Å². The van der Waals surface area contributed by atoms with Gasteiger partial charge in [-0.1, -0.05) is 30.3 Å². The van der Waals surface area contributed by atoms with Crippen molar-refractivity contribution >= 4 is 12.6 Å². The normalized spacial score (nSPS) is 13.2. The summed E-state index contributed by atoms with van der Waals surface area (Å²) in [5.41, 5.74) is 4.41. The van der Waals surface area contributed by atoms with Crippen LogP contribution in [-0.2, 0) is 11.3 Å². The van der Waals surface area contributed by atoms with Crippen LogP contribution < -0.4 is 5.46 Å². The van der Waals surface area contributed by atoms with E-state index in [1.165, 1.54) is 0 Å². The van der Waals surface area contributed by atoms with E-state index in [4.69, 9.17) is 9.92 Å². The van der Waals surface area contributed by atoms with Crippen LogP contribution in [-0.4, -0.2) is 12.1 Å². The summed E-state index contributed by atoms with van der Waals surface area (Å²) < 4.78 is 5.16. The van der Waals surface area contributed by atoms with Gasteiger partial charge in [-0.2, -0.15) is 5.26 Å². The van der Waals surface area contributed by atoms with E-state index in [1.54, 1.807) is 6.07 Å². The van der Waals surface area contributed by atoms with Gasteiger partial charge in [0.15, 0.2) is 0 Å². The van der Waals surface area contributed by atoms with Crippen molar-refractivity contribution in [2.75, 3.05) is 0 Å². The molecule has 0 saturated heterocycles. The predicted molar refractivity (Wildman–Crippen MR) is 69.0 cm³/mol. The second-order valence-electron chi connectivity index (χ2n) is 4.27. The van der Waals surface area contributed by atoms with Gasteiger partial charge >= 0.3 is 7.12 Å². The van der Waals surface area contributed by atoms with Crippen molar-refractivity contribution in [1.29, 1.82) is 5.26 Å². The Kier molecular flexibility index (Phi) is 2.64. The summed E-state index contributed by atoms with van der Waals surface area (Å²) >= 11 is 0. The maximum atomic E-state index is 9.68. The summed E-state index contributed by atoms with van der Waals surface area (Å²) in [6, 6.07) is 15.4. The van der Waals surface area contributed by atoms with Crippen molar-refractivity contribution < 1.29 is 9.68 Å². The van der Waals surface area contributed by atoms with Gasteiger partial charge in [0.25, 0.3) is 0 Å². The third-order valence-electron chi connectivity index (χ3n) is 3.13. The first-order valence-corrected chi connectivity index (χ1v) is 5.71. The van der Waals surface area contributed by atoms with E-state index in [2.05, 4.69) is 6.07 Å². The molecule has 0 fully saturated rings. The number of nitriles is 1. The molecule has 1 aliphatic rings. The summed E-state index contributed by atoms with van der Waals surface area (Å²) in [6.07, 6.45) is 0. The summed E-state index contributed by atoms with van der Waals surface area (Å²) in [4.78, 5) is 0. The predicted octanol–water partition coefficient (Wildman–Crippen LogP) is 1.44. The van der Waals surface area contributed by atoms with Crippen LogP contribution in [0.1, 0.15) is 11.1 Å². The zero-order valence-corrected chi connectivity index (χ0v) is 9.63. The average Bonchev–Trinajstić information content (AvgIpc) is 2.80. The van der Waals surface area contributed by atoms with Crippen molar-refractivity contribution in [2.45, 2.75) is 6.61 Å². The summed E-state index contributed by atoms with van der Waals surface area (Å²) in [5, 5.41) is 18.6. The molecule has 0 aliphatic carbocycles. The summed E-state index contributed by atoms with van der Waals surface area (Å²) in [6.45, 7) is 0.453. The monoisotopic (exact) mass is 235 g/mol. The maximum Gasteiger partial charge on any atom is 0.491 e. The lowest BCUT2D eigenvalue weighted by atomic mass is 9.78. The van der Waals surface area contributed by atoms with Crippen LogP contribution in [0.25, 0.3) is 11.1 Å². The fourth-order valence-electron chi connectivity index (χ4n) is 2.16. The van der Waals surface area contributed by atoms with Crippen LogP contribution in [0.4, 0.5) is 0 Å². The smallest absolute Gasteiger partial charge is 0.423 e. The molecular formula is C14H10BNO2. The largest absolute Gasteiger partial charge is 0.491 e. The first-order chi connectivity index (χ1) is 8.78. The van der Waals surface area contributed by atoms with Crippen LogP contribution in [0.2, 0.25) is 0 Å². The summed E-state index contributed by atoms with van der Waals surface area (Å²) in [5.74, 6) is 0. The molecule has 0 radical (unpaired) electrons. The Morgan fingerprint density at radius 1 is 1.17 bits per heavy atom. The number of rotatable bonds is 1. The number of hydrogen-bond donors (Lipinski definition) is 1. The molecule has 1 N–H and O–H groups in total. The molecule has 0 aromatic heterocycles. The van der Waals surface area contributed by atoms with E-state index in [9.17, 15) is 5.02 Å². The van der Waals surface area contributed by atoms with Crippen LogP contribution in [0.3, 0.4) is 0 Å². The first-order valence-electron chi connectivity index (χ1n) is 5.71. The van der Waals surface area contributed by atoms with Gasteiger partial charge in [-0.25, -0.2) is 0 Å². The van der Waals surface area contributed by atoms with E-state index >= 15 is 0 Å². The third-order valence-corrected chi connectivity index (χ3v) is 3.13. The Balaban J connectivity index is 2.07. The Labute approximate surface area is 105 Å². The molecular weight excluding hydrogens is 225 g/mol. The Morgan fingerprint density at radius 2 is 2.00 bits per heavy atom. The molecule has 0 unspecified atom stereocenters. The van der Waals surface area contributed by atoms with Crippen molar-refractivity contribution in [3.8, 4) is 17.2 Å². The van der Waals surface area contributed by atoms with E-state index in [-0.39, 0.29) is 0 Å². The van der Waals surface area contributed by atoms with Gasteiger partial charge in [0.05, 0.1) is 18.2 Å². The maximum absolute atomic E-state index is 9.68. The molecule has 0 amide bonds. The zero-order valence-electron chi connectivity index (χ0n) is 9.63. The lowest BCUT2D eigenvalue weighted by molar-refractivity contribution is 0.275. The number of fused-ring (bicyclic) bond motifs is 1. The summed E-state index contributed by atoms with van der Waals surface area (Å²) in [7, 11) is -0.834. The SMILES string of the molecule is N#Cc1cccc(-c2ccc3c(c2)B(O)OC3)c1. The van der Waals surface area contributed by atoms with Crippen molar-refractivity contribution in [2.24, 2.45) is 0 Å². The molecule has 0 spiro atoms. The molecule has 4 heteroatoms. The van der Waals surface area contributed by atoms with Gasteiger partial charge in [0.2, 0.25) is 0 Å². The van der Waals surface area contributed by atoms with Crippen LogP contribution >= 0.6 is 0 Å². The lowest BCUT2D eigenvalue weighted by Gasteiger charge is -2.05.